The van der Waals surface area contributed by atoms with Crippen LogP contribution < -0.4 is 10.1 Å². The number of hydrogen-bond donors (Lipinski definition) is 1. The van der Waals surface area contributed by atoms with E-state index in [1.54, 1.807) is 19.1 Å². The summed E-state index contributed by atoms with van der Waals surface area (Å²) in [5.74, 6) is 1.12. The van der Waals surface area contributed by atoms with Gasteiger partial charge in [0.05, 0.1) is 10.6 Å². The minimum atomic E-state index is -0.397. The van der Waals surface area contributed by atoms with Crippen LogP contribution in [-0.4, -0.2) is 20.8 Å². The molecule has 0 spiro atoms. The van der Waals surface area contributed by atoms with Gasteiger partial charge in [0.2, 0.25) is 0 Å². The number of carbonyl (C=O) groups excluding carboxylic acids is 1. The van der Waals surface area contributed by atoms with Crippen LogP contribution in [0.25, 0.3) is 0 Å². The molecule has 3 rings (SSSR count). The van der Waals surface area contributed by atoms with Crippen molar-refractivity contribution in [3.05, 3.63) is 58.1 Å². The Bertz CT molecular complexity index is 948. The van der Waals surface area contributed by atoms with Crippen LogP contribution in [0.15, 0.2) is 34.9 Å². The van der Waals surface area contributed by atoms with Gasteiger partial charge in [-0.05, 0) is 32.4 Å². The van der Waals surface area contributed by atoms with Gasteiger partial charge in [0.25, 0.3) is 5.91 Å². The van der Waals surface area contributed by atoms with Crippen molar-refractivity contribution in [1.82, 2.24) is 14.9 Å². The van der Waals surface area contributed by atoms with Crippen LogP contribution in [0.4, 0.5) is 5.82 Å². The number of carbonyl (C=O) groups is 1. The van der Waals surface area contributed by atoms with Gasteiger partial charge in [-0.25, -0.2) is 0 Å². The standard InChI is InChI=1S/C19H21ClN4O3/c1-4-9-24-12(2)10-17(22-24)21-19(25)18-14(13(3)27-23-18)11-26-16-8-6-5-7-15(16)20/h5-8,10H,4,9,11H2,1-3H3,(H,21,22,25). The fraction of sp³-hybridized carbons (Fsp3) is 0.316. The maximum atomic E-state index is 12.6. The molecule has 142 valence electrons. The van der Waals surface area contributed by atoms with Crippen molar-refractivity contribution in [2.75, 3.05) is 5.32 Å². The molecule has 8 heteroatoms. The summed E-state index contributed by atoms with van der Waals surface area (Å²) in [5, 5.41) is 11.5. The molecule has 0 bridgehead atoms. The molecular weight excluding hydrogens is 368 g/mol. The summed E-state index contributed by atoms with van der Waals surface area (Å²) in [6, 6.07) is 8.96. The van der Waals surface area contributed by atoms with Gasteiger partial charge in [0, 0.05) is 18.3 Å². The highest BCUT2D eigenvalue weighted by Crippen LogP contribution is 2.25. The van der Waals surface area contributed by atoms with E-state index in [1.807, 2.05) is 29.8 Å². The predicted octanol–water partition coefficient (Wildman–Crippen LogP) is 4.38. The van der Waals surface area contributed by atoms with E-state index in [2.05, 4.69) is 22.5 Å². The molecular formula is C19H21ClN4O3. The van der Waals surface area contributed by atoms with Crippen molar-refractivity contribution in [3.63, 3.8) is 0 Å². The summed E-state index contributed by atoms with van der Waals surface area (Å²) in [7, 11) is 0. The molecule has 0 fully saturated rings. The Morgan fingerprint density at radius 2 is 2.11 bits per heavy atom. The van der Waals surface area contributed by atoms with Crippen LogP contribution in [-0.2, 0) is 13.2 Å². The third kappa shape index (κ3) is 4.31. The monoisotopic (exact) mass is 388 g/mol. The van der Waals surface area contributed by atoms with E-state index in [0.29, 0.717) is 27.9 Å². The zero-order chi connectivity index (χ0) is 19.4. The predicted molar refractivity (Wildman–Crippen MR) is 102 cm³/mol. The zero-order valence-electron chi connectivity index (χ0n) is 15.5. The highest BCUT2D eigenvalue weighted by Gasteiger charge is 2.21. The molecule has 0 aliphatic rings. The summed E-state index contributed by atoms with van der Waals surface area (Å²) >= 11 is 6.10. The fourth-order valence-electron chi connectivity index (χ4n) is 2.64. The summed E-state index contributed by atoms with van der Waals surface area (Å²) in [6.07, 6.45) is 0.960. The van der Waals surface area contributed by atoms with Crippen molar-refractivity contribution in [1.29, 1.82) is 0 Å². The highest BCUT2D eigenvalue weighted by atomic mass is 35.5. The zero-order valence-corrected chi connectivity index (χ0v) is 16.2. The Morgan fingerprint density at radius 3 is 2.85 bits per heavy atom. The molecule has 0 saturated heterocycles. The lowest BCUT2D eigenvalue weighted by Crippen LogP contribution is -2.16. The average molecular weight is 389 g/mol. The maximum absolute atomic E-state index is 12.6. The fourth-order valence-corrected chi connectivity index (χ4v) is 2.83. The van der Waals surface area contributed by atoms with Gasteiger partial charge in [0.15, 0.2) is 11.5 Å². The summed E-state index contributed by atoms with van der Waals surface area (Å²) in [5.41, 5.74) is 1.71. The van der Waals surface area contributed by atoms with Gasteiger partial charge in [-0.1, -0.05) is 35.8 Å². The van der Waals surface area contributed by atoms with E-state index >= 15 is 0 Å². The number of anilines is 1. The first kappa shape index (κ1) is 19.0. The molecule has 1 aromatic carbocycles. The van der Waals surface area contributed by atoms with E-state index in [1.165, 1.54) is 0 Å². The first-order valence-electron chi connectivity index (χ1n) is 8.68. The first-order valence-corrected chi connectivity index (χ1v) is 9.05. The van der Waals surface area contributed by atoms with Crippen LogP contribution in [0.5, 0.6) is 5.75 Å². The third-order valence-corrected chi connectivity index (χ3v) is 4.38. The van der Waals surface area contributed by atoms with E-state index in [9.17, 15) is 4.79 Å². The van der Waals surface area contributed by atoms with Crippen molar-refractivity contribution in [2.24, 2.45) is 0 Å². The SMILES string of the molecule is CCCn1nc(NC(=O)c2noc(C)c2COc2ccccc2Cl)cc1C. The molecule has 0 aliphatic heterocycles. The number of hydrogen-bond acceptors (Lipinski definition) is 5. The van der Waals surface area contributed by atoms with Crippen LogP contribution >= 0.6 is 11.6 Å². The number of amides is 1. The molecule has 27 heavy (non-hydrogen) atoms. The smallest absolute Gasteiger partial charge is 0.279 e. The highest BCUT2D eigenvalue weighted by molar-refractivity contribution is 6.32. The van der Waals surface area contributed by atoms with E-state index < -0.39 is 5.91 Å². The normalized spacial score (nSPS) is 10.8. The number of ether oxygens (including phenoxy) is 1. The summed E-state index contributed by atoms with van der Waals surface area (Å²) in [4.78, 5) is 12.6. The Kier molecular flexibility index (Phi) is 5.81. The van der Waals surface area contributed by atoms with Crippen molar-refractivity contribution >= 4 is 23.3 Å². The number of para-hydroxylation sites is 1. The van der Waals surface area contributed by atoms with Crippen LogP contribution in [0.3, 0.4) is 0 Å². The van der Waals surface area contributed by atoms with Gasteiger partial charge in [-0.3, -0.25) is 9.48 Å². The van der Waals surface area contributed by atoms with E-state index in [-0.39, 0.29) is 12.3 Å². The number of nitrogens with one attached hydrogen (secondary N) is 1. The molecule has 0 aliphatic carbocycles. The number of aryl methyl sites for hydroxylation is 3. The van der Waals surface area contributed by atoms with Crippen LogP contribution in [0.1, 0.15) is 40.9 Å². The lowest BCUT2D eigenvalue weighted by Gasteiger charge is -2.08. The summed E-state index contributed by atoms with van der Waals surface area (Å²) in [6.45, 7) is 6.66. The summed E-state index contributed by atoms with van der Waals surface area (Å²) < 4.78 is 12.8. The van der Waals surface area contributed by atoms with Gasteiger partial charge < -0.3 is 14.6 Å². The Hall–Kier alpha value is -2.80. The number of halogens is 1. The molecule has 7 nitrogen and oxygen atoms in total. The molecule has 0 unspecified atom stereocenters. The molecule has 3 aromatic rings. The van der Waals surface area contributed by atoms with Gasteiger partial charge in [-0.15, -0.1) is 0 Å². The second-order valence-electron chi connectivity index (χ2n) is 6.13. The third-order valence-electron chi connectivity index (χ3n) is 4.07. The second kappa shape index (κ2) is 8.26. The second-order valence-corrected chi connectivity index (χ2v) is 6.54. The minimum absolute atomic E-state index is 0.116. The maximum Gasteiger partial charge on any atom is 0.279 e. The lowest BCUT2D eigenvalue weighted by atomic mass is 10.2. The molecule has 2 aromatic heterocycles. The van der Waals surface area contributed by atoms with Crippen LogP contribution in [0.2, 0.25) is 5.02 Å². The number of nitrogens with zero attached hydrogens (tertiary/aromatic N) is 3. The van der Waals surface area contributed by atoms with Crippen LogP contribution in [0, 0.1) is 13.8 Å². The van der Waals surface area contributed by atoms with Crippen molar-refractivity contribution in [2.45, 2.75) is 40.3 Å². The van der Waals surface area contributed by atoms with E-state index in [4.69, 9.17) is 20.9 Å². The Balaban J connectivity index is 1.74. The quantitative estimate of drug-likeness (QED) is 0.649. The average Bonchev–Trinajstić information content (AvgIpc) is 3.17. The Morgan fingerprint density at radius 1 is 1.33 bits per heavy atom. The van der Waals surface area contributed by atoms with Crippen molar-refractivity contribution in [3.8, 4) is 5.75 Å². The number of benzene rings is 1. The molecule has 1 amide bonds. The minimum Gasteiger partial charge on any atom is -0.487 e. The van der Waals surface area contributed by atoms with Crippen molar-refractivity contribution < 1.29 is 14.1 Å². The molecule has 1 N–H and O–H groups in total. The Labute approximate surface area is 162 Å². The number of rotatable bonds is 7. The molecule has 0 atom stereocenters. The van der Waals surface area contributed by atoms with E-state index in [0.717, 1.165) is 18.7 Å². The van der Waals surface area contributed by atoms with Gasteiger partial charge in [-0.2, -0.15) is 5.10 Å². The largest absolute Gasteiger partial charge is 0.487 e. The first-order chi connectivity index (χ1) is 13.0. The van der Waals surface area contributed by atoms with Gasteiger partial charge >= 0.3 is 0 Å². The molecule has 0 saturated carbocycles. The van der Waals surface area contributed by atoms with Gasteiger partial charge in [0.1, 0.15) is 18.1 Å². The lowest BCUT2D eigenvalue weighted by molar-refractivity contribution is 0.101. The topological polar surface area (TPSA) is 82.2 Å². The molecule has 0 radical (unpaired) electrons. The number of aromatic nitrogens is 3. The molecule has 2 heterocycles.